The first-order valence-electron chi connectivity index (χ1n) is 6.57. The number of fused-ring (bicyclic) bond motifs is 3. The molecule has 0 aliphatic rings. The Labute approximate surface area is 117 Å². The first kappa shape index (κ1) is 12.5. The van der Waals surface area contributed by atoms with Crippen molar-refractivity contribution in [2.45, 2.75) is 25.8 Å². The van der Waals surface area contributed by atoms with E-state index in [1.165, 1.54) is 0 Å². The topological polar surface area (TPSA) is 39.2 Å². The van der Waals surface area contributed by atoms with Gasteiger partial charge in [0.05, 0.1) is 6.04 Å². The van der Waals surface area contributed by atoms with Crippen LogP contribution < -0.4 is 5.73 Å². The van der Waals surface area contributed by atoms with Crippen LogP contribution in [0.15, 0.2) is 40.8 Å². The van der Waals surface area contributed by atoms with Crippen LogP contribution >= 0.6 is 11.6 Å². The predicted molar refractivity (Wildman–Crippen MR) is 80.6 cm³/mol. The molecular formula is C16H16ClNO. The van der Waals surface area contributed by atoms with Gasteiger partial charge in [0.1, 0.15) is 11.3 Å². The third-order valence-electron chi connectivity index (χ3n) is 3.46. The molecule has 3 heteroatoms. The van der Waals surface area contributed by atoms with Crippen molar-refractivity contribution in [3.8, 4) is 0 Å². The molecule has 98 valence electrons. The van der Waals surface area contributed by atoms with Crippen LogP contribution in [-0.4, -0.2) is 0 Å². The maximum atomic E-state index is 6.31. The lowest BCUT2D eigenvalue weighted by atomic mass is 10.1. The Morgan fingerprint density at radius 1 is 1.21 bits per heavy atom. The van der Waals surface area contributed by atoms with Crippen LogP contribution in [0.3, 0.4) is 0 Å². The lowest BCUT2D eigenvalue weighted by molar-refractivity contribution is 0.476. The first-order valence-corrected chi connectivity index (χ1v) is 6.94. The van der Waals surface area contributed by atoms with Crippen LogP contribution in [0.25, 0.3) is 21.7 Å². The minimum absolute atomic E-state index is 0.0464. The molecule has 0 spiro atoms. The smallest absolute Gasteiger partial charge is 0.142 e. The summed E-state index contributed by atoms with van der Waals surface area (Å²) in [5, 5.41) is 3.83. The summed E-state index contributed by atoms with van der Waals surface area (Å²) >= 11 is 6.31. The van der Waals surface area contributed by atoms with Gasteiger partial charge >= 0.3 is 0 Å². The molecule has 0 saturated carbocycles. The molecule has 19 heavy (non-hydrogen) atoms. The molecule has 0 bridgehead atoms. The molecule has 3 rings (SSSR count). The average molecular weight is 274 g/mol. The summed E-state index contributed by atoms with van der Waals surface area (Å²) in [5.41, 5.74) is 7.00. The number of nitrogens with two attached hydrogens (primary N) is 1. The minimum Gasteiger partial charge on any atom is -0.459 e. The molecule has 0 aliphatic heterocycles. The Morgan fingerprint density at radius 2 is 1.95 bits per heavy atom. The van der Waals surface area contributed by atoms with Gasteiger partial charge in [0.25, 0.3) is 0 Å². The molecule has 2 N–H and O–H groups in total. The highest BCUT2D eigenvalue weighted by Crippen LogP contribution is 2.35. The highest BCUT2D eigenvalue weighted by atomic mass is 35.5. The molecule has 2 aromatic carbocycles. The van der Waals surface area contributed by atoms with Crippen molar-refractivity contribution in [1.82, 2.24) is 0 Å². The molecule has 1 unspecified atom stereocenters. The maximum Gasteiger partial charge on any atom is 0.142 e. The van der Waals surface area contributed by atoms with E-state index in [9.17, 15) is 0 Å². The van der Waals surface area contributed by atoms with E-state index in [2.05, 4.69) is 6.92 Å². The molecule has 0 fully saturated rings. The van der Waals surface area contributed by atoms with Gasteiger partial charge in [0.15, 0.2) is 0 Å². The average Bonchev–Trinajstić information content (AvgIpc) is 2.83. The summed E-state index contributed by atoms with van der Waals surface area (Å²) < 4.78 is 5.97. The van der Waals surface area contributed by atoms with Crippen molar-refractivity contribution in [2.75, 3.05) is 0 Å². The fraction of sp³-hybridized carbons (Fsp3) is 0.250. The van der Waals surface area contributed by atoms with E-state index < -0.39 is 0 Å². The Kier molecular flexibility index (Phi) is 3.21. The third-order valence-corrected chi connectivity index (χ3v) is 3.77. The molecule has 1 atom stereocenters. The van der Waals surface area contributed by atoms with Crippen LogP contribution in [0.5, 0.6) is 0 Å². The van der Waals surface area contributed by atoms with Crippen LogP contribution in [-0.2, 0) is 0 Å². The molecule has 0 aliphatic carbocycles. The summed E-state index contributed by atoms with van der Waals surface area (Å²) in [5.74, 6) is 0.837. The number of halogens is 1. The quantitative estimate of drug-likeness (QED) is 0.726. The normalized spacial score (nSPS) is 13.2. The van der Waals surface area contributed by atoms with Gasteiger partial charge in [-0.1, -0.05) is 49.2 Å². The van der Waals surface area contributed by atoms with Gasteiger partial charge in [0, 0.05) is 21.2 Å². The van der Waals surface area contributed by atoms with E-state index in [4.69, 9.17) is 21.8 Å². The number of rotatable bonds is 3. The molecule has 0 radical (unpaired) electrons. The zero-order valence-corrected chi connectivity index (χ0v) is 11.6. The monoisotopic (exact) mass is 273 g/mol. The molecule has 1 heterocycles. The Hall–Kier alpha value is -1.51. The molecule has 3 aromatic rings. The van der Waals surface area contributed by atoms with E-state index in [0.29, 0.717) is 0 Å². The van der Waals surface area contributed by atoms with Gasteiger partial charge in [-0.05, 0) is 18.6 Å². The zero-order valence-electron chi connectivity index (χ0n) is 10.8. The van der Waals surface area contributed by atoms with Crippen molar-refractivity contribution in [1.29, 1.82) is 0 Å². The van der Waals surface area contributed by atoms with Gasteiger partial charge in [-0.3, -0.25) is 0 Å². The van der Waals surface area contributed by atoms with E-state index in [1.807, 2.05) is 36.4 Å². The SMILES string of the molecule is CCCC(N)c1cc2cc(Cl)c3ccccc3c2o1. The minimum atomic E-state index is -0.0464. The molecule has 2 nitrogen and oxygen atoms in total. The highest BCUT2D eigenvalue weighted by Gasteiger charge is 2.14. The van der Waals surface area contributed by atoms with Crippen molar-refractivity contribution in [3.63, 3.8) is 0 Å². The molecule has 1 aromatic heterocycles. The van der Waals surface area contributed by atoms with E-state index in [1.54, 1.807) is 0 Å². The second-order valence-corrected chi connectivity index (χ2v) is 5.27. The van der Waals surface area contributed by atoms with Gasteiger partial charge in [-0.2, -0.15) is 0 Å². The zero-order chi connectivity index (χ0) is 13.4. The second-order valence-electron chi connectivity index (χ2n) is 4.87. The van der Waals surface area contributed by atoms with E-state index >= 15 is 0 Å². The standard InChI is InChI=1S/C16H16ClNO/c1-2-5-14(18)15-9-10-8-13(17)11-6-3-4-7-12(11)16(10)19-15/h3-4,6-9,14H,2,5,18H2,1H3. The summed E-state index contributed by atoms with van der Waals surface area (Å²) in [4.78, 5) is 0. The highest BCUT2D eigenvalue weighted by molar-refractivity contribution is 6.37. The van der Waals surface area contributed by atoms with Gasteiger partial charge < -0.3 is 10.2 Å². The first-order chi connectivity index (χ1) is 9.20. The van der Waals surface area contributed by atoms with Crippen LogP contribution in [0.1, 0.15) is 31.6 Å². The lowest BCUT2D eigenvalue weighted by Crippen LogP contribution is -2.08. The van der Waals surface area contributed by atoms with E-state index in [-0.39, 0.29) is 6.04 Å². The molecular weight excluding hydrogens is 258 g/mol. The maximum absolute atomic E-state index is 6.31. The van der Waals surface area contributed by atoms with Gasteiger partial charge in [-0.25, -0.2) is 0 Å². The van der Waals surface area contributed by atoms with Crippen molar-refractivity contribution in [3.05, 3.63) is 47.2 Å². The summed E-state index contributed by atoms with van der Waals surface area (Å²) in [6, 6.07) is 11.9. The predicted octanol–water partition coefficient (Wildman–Crippen LogP) is 5.04. The van der Waals surface area contributed by atoms with Crippen LogP contribution in [0.4, 0.5) is 0 Å². The van der Waals surface area contributed by atoms with Crippen molar-refractivity contribution < 1.29 is 4.42 Å². The summed E-state index contributed by atoms with van der Waals surface area (Å²) in [7, 11) is 0. The number of furan rings is 1. The molecule has 0 saturated heterocycles. The largest absolute Gasteiger partial charge is 0.459 e. The fourth-order valence-corrected chi connectivity index (χ4v) is 2.76. The third kappa shape index (κ3) is 2.11. The van der Waals surface area contributed by atoms with Crippen molar-refractivity contribution in [2.24, 2.45) is 5.73 Å². The number of benzene rings is 2. The number of hydrogen-bond donors (Lipinski definition) is 1. The fourth-order valence-electron chi connectivity index (χ4n) is 2.48. The van der Waals surface area contributed by atoms with Gasteiger partial charge in [0.2, 0.25) is 0 Å². The Bertz CT molecular complexity index is 732. The van der Waals surface area contributed by atoms with Crippen molar-refractivity contribution >= 4 is 33.3 Å². The lowest BCUT2D eigenvalue weighted by Gasteiger charge is -2.05. The summed E-state index contributed by atoms with van der Waals surface area (Å²) in [6.45, 7) is 2.12. The van der Waals surface area contributed by atoms with Crippen LogP contribution in [0.2, 0.25) is 5.02 Å². The van der Waals surface area contributed by atoms with Gasteiger partial charge in [-0.15, -0.1) is 0 Å². The Balaban J connectivity index is 2.25. The van der Waals surface area contributed by atoms with Crippen LogP contribution in [0, 0.1) is 0 Å². The number of hydrogen-bond acceptors (Lipinski definition) is 2. The second kappa shape index (κ2) is 4.87. The Morgan fingerprint density at radius 3 is 2.68 bits per heavy atom. The van der Waals surface area contributed by atoms with E-state index in [0.717, 1.165) is 45.4 Å². The molecule has 0 amide bonds. The summed E-state index contributed by atoms with van der Waals surface area (Å²) in [6.07, 6.45) is 1.96.